The number of hydrogen-bond acceptors (Lipinski definition) is 6. The van der Waals surface area contributed by atoms with Gasteiger partial charge in [-0.3, -0.25) is 14.4 Å². The molecule has 2 aliphatic rings. The zero-order valence-corrected chi connectivity index (χ0v) is 17.4. The molecule has 7 nitrogen and oxygen atoms in total. The number of nitrogens with one attached hydrogen (secondary N) is 1. The molecule has 2 aliphatic heterocycles. The van der Waals surface area contributed by atoms with Crippen molar-refractivity contribution in [2.24, 2.45) is 0 Å². The lowest BCUT2D eigenvalue weighted by molar-refractivity contribution is -0.148. The molecule has 0 radical (unpaired) electrons. The molecule has 30 heavy (non-hydrogen) atoms. The van der Waals surface area contributed by atoms with Crippen LogP contribution in [0.25, 0.3) is 0 Å². The molecule has 0 saturated carbocycles. The van der Waals surface area contributed by atoms with E-state index in [9.17, 15) is 14.4 Å². The molecule has 1 atom stereocenters. The minimum Gasteiger partial charge on any atom is -0.497 e. The summed E-state index contributed by atoms with van der Waals surface area (Å²) < 4.78 is 10.5. The largest absolute Gasteiger partial charge is 0.497 e. The van der Waals surface area contributed by atoms with Crippen LogP contribution in [0.15, 0.2) is 47.4 Å². The highest BCUT2D eigenvalue weighted by Crippen LogP contribution is 2.36. The number of nitrogens with zero attached hydrogens (tertiary/aromatic N) is 1. The second kappa shape index (κ2) is 8.79. The number of para-hydroxylation sites is 1. The number of esters is 1. The van der Waals surface area contributed by atoms with Gasteiger partial charge in [0.15, 0.2) is 6.61 Å². The van der Waals surface area contributed by atoms with Crippen molar-refractivity contribution in [3.8, 4) is 5.75 Å². The number of amides is 2. The standard InChI is InChI=1S/C22H22N2O5S/c1-28-15-8-9-17-14(11-15)5-4-10-24(17)20(25)13-29-21(26)12-19-22(27)23-16-6-2-3-7-18(16)30-19/h2-3,6-9,11,19H,4-5,10,12-13H2,1H3,(H,23,27). The Morgan fingerprint density at radius 1 is 1.23 bits per heavy atom. The average Bonchev–Trinajstić information content (AvgIpc) is 2.77. The number of benzene rings is 2. The molecule has 0 saturated heterocycles. The van der Waals surface area contributed by atoms with Crippen molar-refractivity contribution in [1.29, 1.82) is 0 Å². The van der Waals surface area contributed by atoms with E-state index in [4.69, 9.17) is 9.47 Å². The number of methoxy groups -OCH3 is 1. The van der Waals surface area contributed by atoms with Gasteiger partial charge in [-0.05, 0) is 48.7 Å². The van der Waals surface area contributed by atoms with Crippen LogP contribution in [0.2, 0.25) is 0 Å². The van der Waals surface area contributed by atoms with Gasteiger partial charge in [0.1, 0.15) is 5.75 Å². The third kappa shape index (κ3) is 4.28. The predicted molar refractivity (Wildman–Crippen MR) is 114 cm³/mol. The van der Waals surface area contributed by atoms with Gasteiger partial charge in [-0.25, -0.2) is 0 Å². The van der Waals surface area contributed by atoms with Crippen molar-refractivity contribution in [2.75, 3.05) is 30.5 Å². The monoisotopic (exact) mass is 426 g/mol. The van der Waals surface area contributed by atoms with Gasteiger partial charge in [0, 0.05) is 17.1 Å². The number of ether oxygens (including phenoxy) is 2. The van der Waals surface area contributed by atoms with E-state index in [1.807, 2.05) is 42.5 Å². The molecule has 8 heteroatoms. The van der Waals surface area contributed by atoms with Gasteiger partial charge in [0.2, 0.25) is 5.91 Å². The molecule has 4 rings (SSSR count). The summed E-state index contributed by atoms with van der Waals surface area (Å²) in [6, 6.07) is 13.0. The molecule has 2 aromatic rings. The van der Waals surface area contributed by atoms with Crippen LogP contribution < -0.4 is 15.0 Å². The van der Waals surface area contributed by atoms with E-state index in [0.717, 1.165) is 40.4 Å². The Hall–Kier alpha value is -3.00. The minimum atomic E-state index is -0.578. The number of fused-ring (bicyclic) bond motifs is 2. The first-order chi connectivity index (χ1) is 14.5. The molecule has 0 spiro atoms. The summed E-state index contributed by atoms with van der Waals surface area (Å²) in [6.45, 7) is 0.229. The van der Waals surface area contributed by atoms with E-state index in [0.29, 0.717) is 6.54 Å². The van der Waals surface area contributed by atoms with E-state index in [1.54, 1.807) is 12.0 Å². The number of thioether (sulfide) groups is 1. The van der Waals surface area contributed by atoms with Crippen molar-refractivity contribution in [3.05, 3.63) is 48.0 Å². The first-order valence-electron chi connectivity index (χ1n) is 9.74. The van der Waals surface area contributed by atoms with Gasteiger partial charge in [0.25, 0.3) is 5.91 Å². The quantitative estimate of drug-likeness (QED) is 0.740. The Labute approximate surface area is 178 Å². The van der Waals surface area contributed by atoms with Crippen LogP contribution in [-0.2, 0) is 25.5 Å². The first kappa shape index (κ1) is 20.3. The lowest BCUT2D eigenvalue weighted by Crippen LogP contribution is -2.39. The fraction of sp³-hybridized carbons (Fsp3) is 0.318. The third-order valence-corrected chi connectivity index (χ3v) is 6.40. The van der Waals surface area contributed by atoms with E-state index in [2.05, 4.69) is 5.32 Å². The summed E-state index contributed by atoms with van der Waals surface area (Å²) in [4.78, 5) is 39.7. The molecular weight excluding hydrogens is 404 g/mol. The fourth-order valence-corrected chi connectivity index (χ4v) is 4.71. The topological polar surface area (TPSA) is 84.9 Å². The Morgan fingerprint density at radius 3 is 2.90 bits per heavy atom. The number of aryl methyl sites for hydroxylation is 1. The van der Waals surface area contributed by atoms with Crippen molar-refractivity contribution < 1.29 is 23.9 Å². The maximum atomic E-state index is 12.7. The fourth-order valence-electron chi connectivity index (χ4n) is 3.62. The Bertz CT molecular complexity index is 993. The highest BCUT2D eigenvalue weighted by Gasteiger charge is 2.30. The highest BCUT2D eigenvalue weighted by molar-refractivity contribution is 8.01. The lowest BCUT2D eigenvalue weighted by atomic mass is 10.0. The van der Waals surface area contributed by atoms with Gasteiger partial charge in [-0.2, -0.15) is 0 Å². The van der Waals surface area contributed by atoms with Gasteiger partial charge in [-0.15, -0.1) is 11.8 Å². The average molecular weight is 426 g/mol. The second-order valence-corrected chi connectivity index (χ2v) is 8.34. The zero-order chi connectivity index (χ0) is 21.1. The molecule has 1 unspecified atom stereocenters. The molecule has 1 N–H and O–H groups in total. The number of anilines is 2. The summed E-state index contributed by atoms with van der Waals surface area (Å²) in [5.74, 6) is -0.330. The summed E-state index contributed by atoms with van der Waals surface area (Å²) in [5, 5.41) is 2.22. The Balaban J connectivity index is 1.34. The molecule has 0 aliphatic carbocycles. The molecule has 2 heterocycles. The Kier molecular flexibility index (Phi) is 5.94. The molecular formula is C22H22N2O5S. The van der Waals surface area contributed by atoms with Gasteiger partial charge < -0.3 is 19.7 Å². The number of rotatable bonds is 5. The van der Waals surface area contributed by atoms with Crippen LogP contribution in [-0.4, -0.2) is 43.3 Å². The smallest absolute Gasteiger partial charge is 0.307 e. The normalized spacial score (nSPS) is 17.4. The van der Waals surface area contributed by atoms with Crippen LogP contribution >= 0.6 is 11.8 Å². The summed E-state index contributed by atoms with van der Waals surface area (Å²) in [5.41, 5.74) is 2.60. The summed E-state index contributed by atoms with van der Waals surface area (Å²) in [7, 11) is 1.61. The second-order valence-electron chi connectivity index (χ2n) is 7.10. The van der Waals surface area contributed by atoms with Crippen molar-refractivity contribution in [3.63, 3.8) is 0 Å². The van der Waals surface area contributed by atoms with Gasteiger partial charge in [-0.1, -0.05) is 12.1 Å². The SMILES string of the molecule is COc1ccc2c(c1)CCCN2C(=O)COC(=O)CC1Sc2ccccc2NC1=O. The van der Waals surface area contributed by atoms with Crippen molar-refractivity contribution in [1.82, 2.24) is 0 Å². The first-order valence-corrected chi connectivity index (χ1v) is 10.6. The highest BCUT2D eigenvalue weighted by atomic mass is 32.2. The molecule has 156 valence electrons. The van der Waals surface area contributed by atoms with E-state index in [1.165, 1.54) is 11.8 Å². The summed E-state index contributed by atoms with van der Waals surface area (Å²) >= 11 is 1.33. The van der Waals surface area contributed by atoms with E-state index < -0.39 is 11.2 Å². The molecule has 0 fully saturated rings. The van der Waals surface area contributed by atoms with Gasteiger partial charge in [0.05, 0.1) is 24.5 Å². The van der Waals surface area contributed by atoms with E-state index in [-0.39, 0.29) is 24.8 Å². The molecule has 2 aromatic carbocycles. The van der Waals surface area contributed by atoms with Crippen LogP contribution in [0.5, 0.6) is 5.75 Å². The number of carbonyl (C=O) groups is 3. The van der Waals surface area contributed by atoms with Crippen molar-refractivity contribution in [2.45, 2.75) is 29.4 Å². The zero-order valence-electron chi connectivity index (χ0n) is 16.6. The molecule has 2 amide bonds. The number of carbonyl (C=O) groups excluding carboxylic acids is 3. The van der Waals surface area contributed by atoms with Crippen LogP contribution in [0.3, 0.4) is 0 Å². The molecule has 0 aromatic heterocycles. The minimum absolute atomic E-state index is 0.0914. The van der Waals surface area contributed by atoms with Crippen molar-refractivity contribution >= 4 is 40.9 Å². The maximum Gasteiger partial charge on any atom is 0.307 e. The van der Waals surface area contributed by atoms with E-state index >= 15 is 0 Å². The summed E-state index contributed by atoms with van der Waals surface area (Å²) in [6.07, 6.45) is 1.61. The van der Waals surface area contributed by atoms with Crippen LogP contribution in [0.1, 0.15) is 18.4 Å². The lowest BCUT2D eigenvalue weighted by Gasteiger charge is -2.29. The predicted octanol–water partition coefficient (Wildman–Crippen LogP) is 3.02. The Morgan fingerprint density at radius 2 is 2.07 bits per heavy atom. The maximum absolute atomic E-state index is 12.7. The van der Waals surface area contributed by atoms with Crippen LogP contribution in [0.4, 0.5) is 11.4 Å². The molecule has 0 bridgehead atoms. The van der Waals surface area contributed by atoms with Gasteiger partial charge >= 0.3 is 5.97 Å². The number of hydrogen-bond donors (Lipinski definition) is 1. The van der Waals surface area contributed by atoms with Crippen LogP contribution in [0, 0.1) is 0 Å². The third-order valence-electron chi connectivity index (χ3n) is 5.12.